The van der Waals surface area contributed by atoms with E-state index in [9.17, 15) is 10.1 Å². The Labute approximate surface area is 145 Å². The fourth-order valence-electron chi connectivity index (χ4n) is 2.22. The van der Waals surface area contributed by atoms with Gasteiger partial charge in [0.25, 0.3) is 0 Å². The summed E-state index contributed by atoms with van der Waals surface area (Å²) in [4.78, 5) is 16.7. The van der Waals surface area contributed by atoms with Crippen LogP contribution in [-0.2, 0) is 9.53 Å². The molecule has 0 N–H and O–H groups in total. The average Bonchev–Trinajstić information content (AvgIpc) is 3.09. The molecule has 0 bridgehead atoms. The minimum atomic E-state index is -0.802. The van der Waals surface area contributed by atoms with Gasteiger partial charge in [-0.05, 0) is 37.6 Å². The van der Waals surface area contributed by atoms with Crippen molar-refractivity contribution in [3.63, 3.8) is 0 Å². The Bertz CT molecular complexity index is 704. The maximum atomic E-state index is 12.2. The minimum Gasteiger partial charge on any atom is -0.497 e. The number of hydrogen-bond acceptors (Lipinski definition) is 6. The fourth-order valence-corrected chi connectivity index (χ4v) is 3.11. The molecule has 0 saturated heterocycles. The zero-order valence-corrected chi connectivity index (χ0v) is 14.6. The van der Waals surface area contributed by atoms with Gasteiger partial charge in [0.05, 0.1) is 18.9 Å². The standard InChI is InChI=1S/C18H20N2O3S/c1-3-23-10-4-5-17(21)15(11-19)18-20-16(12-24-18)13-6-8-14(22-2)9-7-13/h6-9,12,15H,3-5,10H2,1-2H3. The fraction of sp³-hybridized carbons (Fsp3) is 0.389. The Hall–Kier alpha value is -2.23. The van der Waals surface area contributed by atoms with Crippen molar-refractivity contribution < 1.29 is 14.3 Å². The van der Waals surface area contributed by atoms with Crippen molar-refractivity contribution in [2.24, 2.45) is 0 Å². The number of Topliss-reactive ketones (excluding diaryl/α,β-unsaturated/α-hetero) is 1. The van der Waals surface area contributed by atoms with E-state index in [0.717, 1.165) is 17.0 Å². The summed E-state index contributed by atoms with van der Waals surface area (Å²) in [5.41, 5.74) is 1.69. The third-order valence-corrected chi connectivity index (χ3v) is 4.43. The lowest BCUT2D eigenvalue weighted by Crippen LogP contribution is -2.11. The molecule has 1 aromatic heterocycles. The van der Waals surface area contributed by atoms with Gasteiger partial charge in [0.2, 0.25) is 0 Å². The number of ether oxygens (including phenoxy) is 2. The van der Waals surface area contributed by atoms with Crippen LogP contribution in [0.2, 0.25) is 0 Å². The number of benzene rings is 1. The van der Waals surface area contributed by atoms with Crippen molar-refractivity contribution in [2.75, 3.05) is 20.3 Å². The molecule has 0 amide bonds. The number of methoxy groups -OCH3 is 1. The molecular weight excluding hydrogens is 324 g/mol. The zero-order valence-electron chi connectivity index (χ0n) is 13.8. The van der Waals surface area contributed by atoms with Crippen molar-refractivity contribution in [1.82, 2.24) is 4.98 Å². The summed E-state index contributed by atoms with van der Waals surface area (Å²) >= 11 is 1.34. The molecule has 126 valence electrons. The maximum absolute atomic E-state index is 12.2. The second kappa shape index (κ2) is 9.16. The van der Waals surface area contributed by atoms with E-state index < -0.39 is 5.92 Å². The Morgan fingerprint density at radius 2 is 2.12 bits per heavy atom. The van der Waals surface area contributed by atoms with Crippen LogP contribution in [-0.4, -0.2) is 31.1 Å². The number of aromatic nitrogens is 1. The topological polar surface area (TPSA) is 72.2 Å². The van der Waals surface area contributed by atoms with Gasteiger partial charge >= 0.3 is 0 Å². The van der Waals surface area contributed by atoms with E-state index >= 15 is 0 Å². The van der Waals surface area contributed by atoms with E-state index in [1.807, 2.05) is 36.6 Å². The summed E-state index contributed by atoms with van der Waals surface area (Å²) in [6.07, 6.45) is 0.956. The molecule has 0 spiro atoms. The molecule has 1 aromatic carbocycles. The smallest absolute Gasteiger partial charge is 0.157 e. The minimum absolute atomic E-state index is 0.104. The van der Waals surface area contributed by atoms with Crippen LogP contribution in [0.3, 0.4) is 0 Å². The normalized spacial score (nSPS) is 11.7. The Kier molecular flexibility index (Phi) is 6.91. The summed E-state index contributed by atoms with van der Waals surface area (Å²) < 4.78 is 10.4. The van der Waals surface area contributed by atoms with E-state index in [0.29, 0.717) is 31.1 Å². The van der Waals surface area contributed by atoms with Crippen LogP contribution in [0.15, 0.2) is 29.6 Å². The molecule has 0 fully saturated rings. The molecule has 1 heterocycles. The van der Waals surface area contributed by atoms with E-state index in [1.54, 1.807) is 7.11 Å². The molecule has 0 saturated carbocycles. The molecule has 0 aliphatic carbocycles. The number of hydrogen-bond donors (Lipinski definition) is 0. The Morgan fingerprint density at radius 3 is 2.75 bits per heavy atom. The highest BCUT2D eigenvalue weighted by Gasteiger charge is 2.23. The number of rotatable bonds is 9. The SMILES string of the molecule is CCOCCCC(=O)C(C#N)c1nc(-c2ccc(OC)cc2)cs1. The Morgan fingerprint density at radius 1 is 1.38 bits per heavy atom. The van der Waals surface area contributed by atoms with Crippen molar-refractivity contribution in [3.8, 4) is 23.1 Å². The van der Waals surface area contributed by atoms with E-state index in [1.165, 1.54) is 11.3 Å². The van der Waals surface area contributed by atoms with Gasteiger partial charge in [-0.2, -0.15) is 5.26 Å². The van der Waals surface area contributed by atoms with Gasteiger partial charge in [-0.15, -0.1) is 11.3 Å². The number of ketones is 1. The number of carbonyl (C=O) groups is 1. The van der Waals surface area contributed by atoms with Crippen LogP contribution in [0.5, 0.6) is 5.75 Å². The van der Waals surface area contributed by atoms with E-state index in [2.05, 4.69) is 11.1 Å². The van der Waals surface area contributed by atoms with Gasteiger partial charge < -0.3 is 9.47 Å². The van der Waals surface area contributed by atoms with Crippen LogP contribution < -0.4 is 4.74 Å². The summed E-state index contributed by atoms with van der Waals surface area (Å²) in [6.45, 7) is 3.08. The summed E-state index contributed by atoms with van der Waals surface area (Å²) in [5.74, 6) is -0.134. The first kappa shape index (κ1) is 18.1. The van der Waals surface area contributed by atoms with Crippen LogP contribution in [0.4, 0.5) is 0 Å². The lowest BCUT2D eigenvalue weighted by atomic mass is 10.0. The lowest BCUT2D eigenvalue weighted by Gasteiger charge is -2.05. The molecule has 6 heteroatoms. The van der Waals surface area contributed by atoms with Crippen LogP contribution in [0, 0.1) is 11.3 Å². The first-order valence-electron chi connectivity index (χ1n) is 7.79. The Balaban J connectivity index is 2.06. The summed E-state index contributed by atoms with van der Waals surface area (Å²) in [5, 5.41) is 11.8. The summed E-state index contributed by atoms with van der Waals surface area (Å²) in [6, 6.07) is 9.60. The molecular formula is C18H20N2O3S. The van der Waals surface area contributed by atoms with Gasteiger partial charge in [0, 0.05) is 30.6 Å². The molecule has 5 nitrogen and oxygen atoms in total. The quantitative estimate of drug-likeness (QED) is 0.647. The molecule has 2 aromatic rings. The first-order valence-corrected chi connectivity index (χ1v) is 8.67. The molecule has 24 heavy (non-hydrogen) atoms. The number of thiazole rings is 1. The predicted molar refractivity (Wildman–Crippen MR) is 93.2 cm³/mol. The van der Waals surface area contributed by atoms with Crippen molar-refractivity contribution in [3.05, 3.63) is 34.7 Å². The van der Waals surface area contributed by atoms with E-state index in [4.69, 9.17) is 9.47 Å². The third kappa shape index (κ3) is 4.63. The van der Waals surface area contributed by atoms with Crippen LogP contribution >= 0.6 is 11.3 Å². The predicted octanol–water partition coefficient (Wildman–Crippen LogP) is 3.81. The number of nitrogens with zero attached hydrogens (tertiary/aromatic N) is 2. The molecule has 2 rings (SSSR count). The summed E-state index contributed by atoms with van der Waals surface area (Å²) in [7, 11) is 1.62. The molecule has 0 aliphatic heterocycles. The lowest BCUT2D eigenvalue weighted by molar-refractivity contribution is -0.119. The van der Waals surface area contributed by atoms with Gasteiger partial charge in [0.1, 0.15) is 10.8 Å². The van der Waals surface area contributed by atoms with Crippen molar-refractivity contribution in [1.29, 1.82) is 5.26 Å². The highest BCUT2D eigenvalue weighted by molar-refractivity contribution is 7.10. The monoisotopic (exact) mass is 344 g/mol. The van der Waals surface area contributed by atoms with Gasteiger partial charge in [0.15, 0.2) is 11.7 Å². The highest BCUT2D eigenvalue weighted by Crippen LogP contribution is 2.28. The third-order valence-electron chi connectivity index (χ3n) is 3.52. The van der Waals surface area contributed by atoms with Gasteiger partial charge in [-0.25, -0.2) is 4.98 Å². The largest absolute Gasteiger partial charge is 0.497 e. The number of carbonyl (C=O) groups excluding carboxylic acids is 1. The maximum Gasteiger partial charge on any atom is 0.157 e. The number of nitriles is 1. The molecule has 0 aliphatic rings. The zero-order chi connectivity index (χ0) is 17.4. The first-order chi connectivity index (χ1) is 11.7. The second-order valence-corrected chi connectivity index (χ2v) is 6.02. The van der Waals surface area contributed by atoms with Crippen LogP contribution in [0.25, 0.3) is 11.3 Å². The average molecular weight is 344 g/mol. The van der Waals surface area contributed by atoms with Crippen molar-refractivity contribution >= 4 is 17.1 Å². The molecule has 1 atom stereocenters. The molecule has 1 unspecified atom stereocenters. The second-order valence-electron chi connectivity index (χ2n) is 5.13. The molecule has 0 radical (unpaired) electrons. The van der Waals surface area contributed by atoms with Gasteiger partial charge in [-0.3, -0.25) is 4.79 Å². The van der Waals surface area contributed by atoms with E-state index in [-0.39, 0.29) is 5.78 Å². The van der Waals surface area contributed by atoms with Crippen molar-refractivity contribution in [2.45, 2.75) is 25.7 Å². The van der Waals surface area contributed by atoms with Crippen LogP contribution in [0.1, 0.15) is 30.7 Å². The van der Waals surface area contributed by atoms with Gasteiger partial charge in [-0.1, -0.05) is 0 Å². The highest BCUT2D eigenvalue weighted by atomic mass is 32.1.